The molecule has 0 radical (unpaired) electrons. The number of nitrogens with one attached hydrogen (secondary N) is 1. The van der Waals surface area contributed by atoms with Crippen molar-refractivity contribution in [2.24, 2.45) is 12.0 Å². The fourth-order valence-electron chi connectivity index (χ4n) is 2.43. The minimum atomic E-state index is -0.551. The number of nitrogens with zero attached hydrogens (tertiary/aromatic N) is 3. The molecule has 1 saturated carbocycles. The number of aliphatic imine (C=N–C) groups is 1. The average molecular weight is 427 g/mol. The van der Waals surface area contributed by atoms with Crippen LogP contribution in [0.25, 0.3) is 0 Å². The predicted molar refractivity (Wildman–Crippen MR) is 97.5 cm³/mol. The summed E-state index contributed by atoms with van der Waals surface area (Å²) in [5.74, 6) is 0.780. The number of aryl methyl sites for hydroxylation is 1. The van der Waals surface area contributed by atoms with Crippen LogP contribution in [0.1, 0.15) is 25.0 Å². The SMILES string of the molecule is CN=C(NCC1(O)CCC1)N(C)Cc1cc(Cl)cn1C.I. The Bertz CT molecular complexity index is 499. The van der Waals surface area contributed by atoms with Crippen molar-refractivity contribution in [2.45, 2.75) is 31.4 Å². The molecule has 5 nitrogen and oxygen atoms in total. The molecule has 1 heterocycles. The molecule has 21 heavy (non-hydrogen) atoms. The Morgan fingerprint density at radius 2 is 2.24 bits per heavy atom. The fourth-order valence-corrected chi connectivity index (χ4v) is 2.70. The molecule has 1 fully saturated rings. The van der Waals surface area contributed by atoms with Gasteiger partial charge in [0.15, 0.2) is 5.96 Å². The summed E-state index contributed by atoms with van der Waals surface area (Å²) in [5, 5.41) is 14.1. The summed E-state index contributed by atoms with van der Waals surface area (Å²) in [7, 11) is 5.70. The highest BCUT2D eigenvalue weighted by Gasteiger charge is 2.34. The summed E-state index contributed by atoms with van der Waals surface area (Å²) in [6, 6.07) is 1.95. The lowest BCUT2D eigenvalue weighted by molar-refractivity contribution is -0.0282. The van der Waals surface area contributed by atoms with E-state index < -0.39 is 5.60 Å². The van der Waals surface area contributed by atoms with E-state index in [1.54, 1.807) is 7.05 Å². The lowest BCUT2D eigenvalue weighted by atomic mass is 9.80. The van der Waals surface area contributed by atoms with Crippen LogP contribution in [0.2, 0.25) is 5.02 Å². The first-order chi connectivity index (χ1) is 9.43. The molecule has 0 spiro atoms. The number of aliphatic hydroxyl groups is 1. The van der Waals surface area contributed by atoms with Crippen molar-refractivity contribution in [1.29, 1.82) is 0 Å². The zero-order chi connectivity index (χ0) is 14.8. The number of guanidine groups is 1. The number of rotatable bonds is 4. The van der Waals surface area contributed by atoms with Gasteiger partial charge in [-0.3, -0.25) is 4.99 Å². The van der Waals surface area contributed by atoms with Crippen LogP contribution >= 0.6 is 35.6 Å². The molecule has 0 bridgehead atoms. The van der Waals surface area contributed by atoms with E-state index in [4.69, 9.17) is 11.6 Å². The minimum Gasteiger partial charge on any atom is -0.388 e. The van der Waals surface area contributed by atoms with Gasteiger partial charge in [-0.05, 0) is 25.3 Å². The number of hydrogen-bond acceptors (Lipinski definition) is 2. The van der Waals surface area contributed by atoms with Crippen LogP contribution in [0.15, 0.2) is 17.3 Å². The number of hydrogen-bond donors (Lipinski definition) is 2. The van der Waals surface area contributed by atoms with Gasteiger partial charge in [-0.15, -0.1) is 24.0 Å². The van der Waals surface area contributed by atoms with Crippen molar-refractivity contribution in [3.63, 3.8) is 0 Å². The molecule has 1 aromatic heterocycles. The zero-order valence-electron chi connectivity index (χ0n) is 12.8. The molecule has 0 saturated heterocycles. The molecule has 120 valence electrons. The molecule has 2 rings (SSSR count). The summed E-state index contributed by atoms with van der Waals surface area (Å²) in [4.78, 5) is 6.28. The molecule has 2 N–H and O–H groups in total. The number of halogens is 2. The Hall–Kier alpha value is -0.470. The first-order valence-electron chi connectivity index (χ1n) is 6.88. The lowest BCUT2D eigenvalue weighted by Crippen LogP contribution is -2.50. The van der Waals surface area contributed by atoms with Crippen LogP contribution in [0, 0.1) is 0 Å². The predicted octanol–water partition coefficient (Wildman–Crippen LogP) is 2.22. The largest absolute Gasteiger partial charge is 0.388 e. The third-order valence-electron chi connectivity index (χ3n) is 3.91. The van der Waals surface area contributed by atoms with E-state index in [9.17, 15) is 5.11 Å². The van der Waals surface area contributed by atoms with Crippen LogP contribution in [-0.4, -0.2) is 46.8 Å². The van der Waals surface area contributed by atoms with E-state index >= 15 is 0 Å². The molecule has 1 aliphatic rings. The quantitative estimate of drug-likeness (QED) is 0.441. The number of aromatic nitrogens is 1. The normalized spacial score (nSPS) is 16.9. The maximum Gasteiger partial charge on any atom is 0.193 e. The first kappa shape index (κ1) is 18.6. The van der Waals surface area contributed by atoms with E-state index in [0.717, 1.165) is 35.9 Å². The molecular formula is C14H24ClIN4O. The van der Waals surface area contributed by atoms with Crippen molar-refractivity contribution < 1.29 is 5.11 Å². The first-order valence-corrected chi connectivity index (χ1v) is 7.26. The van der Waals surface area contributed by atoms with Gasteiger partial charge in [0.25, 0.3) is 0 Å². The second-order valence-corrected chi connectivity index (χ2v) is 6.03. The van der Waals surface area contributed by atoms with E-state index in [0.29, 0.717) is 13.1 Å². The van der Waals surface area contributed by atoms with Crippen LogP contribution in [0.5, 0.6) is 0 Å². The smallest absolute Gasteiger partial charge is 0.193 e. The van der Waals surface area contributed by atoms with Crippen LogP contribution in [-0.2, 0) is 13.6 Å². The summed E-state index contributed by atoms with van der Waals surface area (Å²) in [5.41, 5.74) is 0.563. The fraction of sp³-hybridized carbons (Fsp3) is 0.643. The Morgan fingerprint density at radius 3 is 2.67 bits per heavy atom. The van der Waals surface area contributed by atoms with Gasteiger partial charge in [0.2, 0.25) is 0 Å². The van der Waals surface area contributed by atoms with E-state index in [1.807, 2.05) is 35.8 Å². The van der Waals surface area contributed by atoms with Crippen molar-refractivity contribution >= 4 is 41.5 Å². The monoisotopic (exact) mass is 426 g/mol. The van der Waals surface area contributed by atoms with Gasteiger partial charge < -0.3 is 19.9 Å². The minimum absolute atomic E-state index is 0. The molecule has 7 heteroatoms. The molecule has 1 aliphatic carbocycles. The molecule has 0 aliphatic heterocycles. The molecule has 0 aromatic carbocycles. The van der Waals surface area contributed by atoms with Gasteiger partial charge >= 0.3 is 0 Å². The lowest BCUT2D eigenvalue weighted by Gasteiger charge is -2.37. The van der Waals surface area contributed by atoms with Gasteiger partial charge in [0.05, 0.1) is 17.2 Å². The highest BCUT2D eigenvalue weighted by molar-refractivity contribution is 14.0. The molecule has 0 amide bonds. The van der Waals surface area contributed by atoms with Crippen molar-refractivity contribution in [3.8, 4) is 0 Å². The molecule has 1 aromatic rings. The van der Waals surface area contributed by atoms with Crippen LogP contribution < -0.4 is 5.32 Å². The zero-order valence-corrected chi connectivity index (χ0v) is 15.9. The van der Waals surface area contributed by atoms with E-state index in [2.05, 4.69) is 10.3 Å². The Labute approximate surface area is 148 Å². The van der Waals surface area contributed by atoms with Crippen LogP contribution in [0.3, 0.4) is 0 Å². The second-order valence-electron chi connectivity index (χ2n) is 5.60. The average Bonchev–Trinajstić information content (AvgIpc) is 2.66. The van der Waals surface area contributed by atoms with Gasteiger partial charge in [0.1, 0.15) is 0 Å². The van der Waals surface area contributed by atoms with Crippen molar-refractivity contribution in [2.75, 3.05) is 20.6 Å². The third-order valence-corrected chi connectivity index (χ3v) is 4.11. The maximum absolute atomic E-state index is 10.1. The van der Waals surface area contributed by atoms with E-state index in [1.165, 1.54) is 0 Å². The second kappa shape index (κ2) is 7.69. The molecule has 0 atom stereocenters. The highest BCUT2D eigenvalue weighted by atomic mass is 127. The van der Waals surface area contributed by atoms with Gasteiger partial charge in [0, 0.05) is 39.6 Å². The van der Waals surface area contributed by atoms with Gasteiger partial charge in [-0.1, -0.05) is 11.6 Å². The molecular weight excluding hydrogens is 403 g/mol. The third kappa shape index (κ3) is 4.75. The standard InChI is InChI=1S/C14H23ClN4O.HI/c1-16-13(17-10-14(20)5-4-6-14)19(3)9-12-7-11(15)8-18(12)2;/h7-8,20H,4-6,9-10H2,1-3H3,(H,16,17);1H. The Morgan fingerprint density at radius 1 is 1.57 bits per heavy atom. The highest BCUT2D eigenvalue weighted by Crippen LogP contribution is 2.30. The van der Waals surface area contributed by atoms with Gasteiger partial charge in [-0.2, -0.15) is 0 Å². The summed E-state index contributed by atoms with van der Waals surface area (Å²) in [6.07, 6.45) is 4.73. The van der Waals surface area contributed by atoms with Crippen molar-refractivity contribution in [3.05, 3.63) is 23.0 Å². The summed E-state index contributed by atoms with van der Waals surface area (Å²) < 4.78 is 2.01. The summed E-state index contributed by atoms with van der Waals surface area (Å²) in [6.45, 7) is 1.26. The Kier molecular flexibility index (Phi) is 6.80. The Balaban J connectivity index is 0.00000220. The van der Waals surface area contributed by atoms with Crippen LogP contribution in [0.4, 0.5) is 0 Å². The maximum atomic E-state index is 10.1. The molecule has 0 unspecified atom stereocenters. The van der Waals surface area contributed by atoms with Gasteiger partial charge in [-0.25, -0.2) is 0 Å². The topological polar surface area (TPSA) is 52.8 Å². The van der Waals surface area contributed by atoms with E-state index in [-0.39, 0.29) is 24.0 Å². The van der Waals surface area contributed by atoms with Crippen molar-refractivity contribution in [1.82, 2.24) is 14.8 Å². The summed E-state index contributed by atoms with van der Waals surface area (Å²) >= 11 is 5.99.